The molecule has 0 amide bonds. The summed E-state index contributed by atoms with van der Waals surface area (Å²) in [6.07, 6.45) is 3.38. The van der Waals surface area contributed by atoms with E-state index >= 15 is 0 Å². The van der Waals surface area contributed by atoms with E-state index in [2.05, 4.69) is 23.8 Å². The van der Waals surface area contributed by atoms with E-state index in [1.807, 2.05) is 4.57 Å². The lowest BCUT2D eigenvalue weighted by Crippen LogP contribution is -2.06. The molecule has 0 spiro atoms. The van der Waals surface area contributed by atoms with Crippen molar-refractivity contribution in [1.29, 1.82) is 0 Å². The number of rotatable bonds is 4. The molecule has 3 aromatic rings. The van der Waals surface area contributed by atoms with Crippen LogP contribution in [0.2, 0.25) is 0 Å². The summed E-state index contributed by atoms with van der Waals surface area (Å²) in [7, 11) is -4.41. The first kappa shape index (κ1) is 15.0. The number of furan rings is 1. The molecule has 3 heterocycles. The third-order valence-corrected chi connectivity index (χ3v) is 4.01. The fourth-order valence-electron chi connectivity index (χ4n) is 2.31. The van der Waals surface area contributed by atoms with Crippen LogP contribution in [-0.2, 0) is 11.1 Å². The lowest BCUT2D eigenvalue weighted by molar-refractivity contribution is 0.377. The Kier molecular flexibility index (Phi) is 3.64. The molecule has 22 heavy (non-hydrogen) atoms. The highest BCUT2D eigenvalue weighted by atomic mass is 31.2. The van der Waals surface area contributed by atoms with Crippen LogP contribution in [0.15, 0.2) is 35.0 Å². The highest BCUT2D eigenvalue weighted by Gasteiger charge is 2.24. The van der Waals surface area contributed by atoms with Crippen molar-refractivity contribution in [3.8, 4) is 11.6 Å². The van der Waals surface area contributed by atoms with Crippen LogP contribution in [0.3, 0.4) is 0 Å². The monoisotopic (exact) mass is 321 g/mol. The maximum atomic E-state index is 11.3. The summed E-state index contributed by atoms with van der Waals surface area (Å²) in [5.74, 6) is 1.24. The normalized spacial score (nSPS) is 12.4. The summed E-state index contributed by atoms with van der Waals surface area (Å²) in [5, 5.41) is 0. The van der Waals surface area contributed by atoms with E-state index in [1.54, 1.807) is 18.5 Å². The van der Waals surface area contributed by atoms with Gasteiger partial charge in [-0.3, -0.25) is 9.55 Å². The van der Waals surface area contributed by atoms with Gasteiger partial charge < -0.3 is 18.8 Å². The Morgan fingerprint density at radius 1 is 1.32 bits per heavy atom. The van der Waals surface area contributed by atoms with Gasteiger partial charge in [0.2, 0.25) is 5.50 Å². The third kappa shape index (κ3) is 2.70. The molecule has 0 bridgehead atoms. The first-order valence-electron chi connectivity index (χ1n) is 6.83. The number of pyridine rings is 1. The molecule has 0 saturated carbocycles. The zero-order chi connectivity index (χ0) is 15.9. The van der Waals surface area contributed by atoms with Gasteiger partial charge in [0.25, 0.3) is 0 Å². The predicted molar refractivity (Wildman–Crippen MR) is 81.7 cm³/mol. The van der Waals surface area contributed by atoms with Gasteiger partial charge >= 0.3 is 7.60 Å². The topological polar surface area (TPSA) is 101 Å². The van der Waals surface area contributed by atoms with E-state index in [0.717, 1.165) is 11.0 Å². The molecule has 0 radical (unpaired) electrons. The highest BCUT2D eigenvalue weighted by molar-refractivity contribution is 7.59. The van der Waals surface area contributed by atoms with Crippen LogP contribution in [0.4, 0.5) is 0 Å². The van der Waals surface area contributed by atoms with Crippen molar-refractivity contribution >= 4 is 24.1 Å². The van der Waals surface area contributed by atoms with Crippen LogP contribution in [0.25, 0.3) is 22.6 Å². The second-order valence-corrected chi connectivity index (χ2v) is 7.01. The van der Waals surface area contributed by atoms with E-state index < -0.39 is 7.60 Å². The summed E-state index contributed by atoms with van der Waals surface area (Å²) < 4.78 is 18.5. The molecule has 0 saturated heterocycles. The number of nitrogens with zero attached hydrogens (tertiary/aromatic N) is 3. The molecule has 0 fully saturated rings. The van der Waals surface area contributed by atoms with Crippen molar-refractivity contribution in [2.45, 2.75) is 20.4 Å². The number of hydrogen-bond donors (Lipinski definition) is 2. The third-order valence-electron chi connectivity index (χ3n) is 3.20. The molecule has 3 aromatic heterocycles. The van der Waals surface area contributed by atoms with Crippen molar-refractivity contribution in [1.82, 2.24) is 14.5 Å². The lowest BCUT2D eigenvalue weighted by Gasteiger charge is -2.10. The number of aromatic nitrogens is 3. The molecular formula is C14H16N3O4P. The van der Waals surface area contributed by atoms with Gasteiger partial charge in [-0.2, -0.15) is 0 Å². The quantitative estimate of drug-likeness (QED) is 0.714. The van der Waals surface area contributed by atoms with Crippen molar-refractivity contribution < 1.29 is 18.8 Å². The smallest absolute Gasteiger partial charge is 0.391 e. The molecule has 7 nitrogen and oxygen atoms in total. The summed E-state index contributed by atoms with van der Waals surface area (Å²) >= 11 is 0. The molecule has 3 rings (SSSR count). The van der Waals surface area contributed by atoms with Gasteiger partial charge in [-0.25, -0.2) is 4.98 Å². The van der Waals surface area contributed by atoms with E-state index in [1.165, 1.54) is 12.1 Å². The molecule has 0 aliphatic heterocycles. The minimum Gasteiger partial charge on any atom is -0.445 e. The fourth-order valence-corrected chi connectivity index (χ4v) is 2.80. The molecule has 116 valence electrons. The van der Waals surface area contributed by atoms with Gasteiger partial charge in [0.1, 0.15) is 0 Å². The zero-order valence-corrected chi connectivity index (χ0v) is 13.1. The maximum Gasteiger partial charge on any atom is 0.391 e. The van der Waals surface area contributed by atoms with Crippen molar-refractivity contribution in [2.24, 2.45) is 5.92 Å². The number of hydrogen-bond acceptors (Lipinski definition) is 4. The van der Waals surface area contributed by atoms with E-state index in [9.17, 15) is 14.4 Å². The molecule has 0 aliphatic rings. The van der Waals surface area contributed by atoms with E-state index in [-0.39, 0.29) is 5.50 Å². The van der Waals surface area contributed by atoms with E-state index in [4.69, 9.17) is 4.42 Å². The fraction of sp³-hybridized carbons (Fsp3) is 0.286. The Balaban J connectivity index is 2.17. The molecule has 0 aliphatic carbocycles. The summed E-state index contributed by atoms with van der Waals surface area (Å²) in [6.45, 7) is 4.86. The largest absolute Gasteiger partial charge is 0.445 e. The van der Waals surface area contributed by atoms with Crippen molar-refractivity contribution in [3.63, 3.8) is 0 Å². The Morgan fingerprint density at radius 2 is 2.09 bits per heavy atom. The van der Waals surface area contributed by atoms with Gasteiger partial charge in [0, 0.05) is 12.7 Å². The Labute approximate surface area is 126 Å². The minimum atomic E-state index is -4.41. The van der Waals surface area contributed by atoms with Gasteiger partial charge in [-0.15, -0.1) is 0 Å². The maximum absolute atomic E-state index is 11.3. The van der Waals surface area contributed by atoms with Gasteiger partial charge in [-0.05, 0) is 24.1 Å². The number of imidazole rings is 1. The lowest BCUT2D eigenvalue weighted by atomic mass is 10.2. The second kappa shape index (κ2) is 5.35. The number of fused-ring (bicyclic) bond motifs is 1. The molecule has 0 unspecified atom stereocenters. The zero-order valence-electron chi connectivity index (χ0n) is 12.2. The summed E-state index contributed by atoms with van der Waals surface area (Å²) in [4.78, 5) is 27.0. The SMILES string of the molecule is CC(C)Cn1c(-c2ccc(P(=O)(O)O)o2)nc2ccncc21. The summed E-state index contributed by atoms with van der Waals surface area (Å²) in [5.41, 5.74) is 1.27. The average Bonchev–Trinajstić information content (AvgIpc) is 3.03. The van der Waals surface area contributed by atoms with Gasteiger partial charge in [0.05, 0.1) is 17.2 Å². The second-order valence-electron chi connectivity index (χ2n) is 5.49. The van der Waals surface area contributed by atoms with Crippen LogP contribution in [-0.4, -0.2) is 24.3 Å². The molecule has 2 N–H and O–H groups in total. The first-order chi connectivity index (χ1) is 10.4. The minimum absolute atomic E-state index is 0.329. The van der Waals surface area contributed by atoms with Crippen LogP contribution < -0.4 is 5.50 Å². The molecular weight excluding hydrogens is 305 g/mol. The van der Waals surface area contributed by atoms with Gasteiger partial charge in [-0.1, -0.05) is 13.8 Å². The molecule has 0 atom stereocenters. The molecule has 0 aromatic carbocycles. The Morgan fingerprint density at radius 3 is 2.73 bits per heavy atom. The predicted octanol–water partition coefficient (Wildman–Crippen LogP) is 2.15. The van der Waals surface area contributed by atoms with Crippen LogP contribution in [0, 0.1) is 5.92 Å². The molecule has 8 heteroatoms. The van der Waals surface area contributed by atoms with Crippen LogP contribution in [0.5, 0.6) is 0 Å². The Hall–Kier alpha value is -1.95. The first-order valence-corrected chi connectivity index (χ1v) is 8.44. The highest BCUT2D eigenvalue weighted by Crippen LogP contribution is 2.36. The van der Waals surface area contributed by atoms with Gasteiger partial charge in [0.15, 0.2) is 11.6 Å². The van der Waals surface area contributed by atoms with Crippen molar-refractivity contribution in [2.75, 3.05) is 0 Å². The van der Waals surface area contributed by atoms with E-state index in [0.29, 0.717) is 24.0 Å². The van der Waals surface area contributed by atoms with Crippen molar-refractivity contribution in [3.05, 3.63) is 30.6 Å². The van der Waals surface area contributed by atoms with Crippen LogP contribution in [0.1, 0.15) is 13.8 Å². The Bertz CT molecular complexity index is 862. The van der Waals surface area contributed by atoms with Crippen LogP contribution >= 0.6 is 7.60 Å². The summed E-state index contributed by atoms with van der Waals surface area (Å²) in [6, 6.07) is 4.61. The average molecular weight is 321 g/mol. The standard InChI is InChI=1S/C14H16N3O4P/c1-9(2)8-17-11-7-15-6-5-10(11)16-14(17)12-3-4-13(21-12)22(18,19)20/h3-7,9H,8H2,1-2H3,(H2,18,19,20).